The number of rotatable bonds is 10. The zero-order chi connectivity index (χ0) is 35.5. The minimum atomic E-state index is -1.87. The summed E-state index contributed by atoms with van der Waals surface area (Å²) in [6.07, 6.45) is 2.68. The Morgan fingerprint density at radius 2 is 1.80 bits per heavy atom. The summed E-state index contributed by atoms with van der Waals surface area (Å²) in [7, 11) is -0.469. The third kappa shape index (κ3) is 7.69. The molecule has 0 aliphatic carbocycles. The molecule has 1 aliphatic rings. The molecular weight excluding hydrogens is 679 g/mol. The van der Waals surface area contributed by atoms with Crippen molar-refractivity contribution in [2.45, 2.75) is 51.9 Å². The SMILES string of the molecule is COc1nc(-c2cccc(-c3cccc(NC(=O)c4cc(C#N)c5c(n4)CN(CCO[Si](C)(C)C(C)(C)C)CC5)c3Cl)c2Cl)cnc1C=O. The summed E-state index contributed by atoms with van der Waals surface area (Å²) in [4.78, 5) is 40.4. The number of nitrogens with one attached hydrogen (secondary N) is 1. The predicted molar refractivity (Wildman–Crippen MR) is 194 cm³/mol. The predicted octanol–water partition coefficient (Wildman–Crippen LogP) is 7.84. The lowest BCUT2D eigenvalue weighted by atomic mass is 9.98. The van der Waals surface area contributed by atoms with E-state index in [9.17, 15) is 14.9 Å². The highest BCUT2D eigenvalue weighted by molar-refractivity contribution is 6.74. The number of fused-ring (bicyclic) bond motifs is 1. The van der Waals surface area contributed by atoms with Crippen molar-refractivity contribution in [1.29, 1.82) is 5.26 Å². The molecule has 2 aromatic heterocycles. The number of benzene rings is 2. The van der Waals surface area contributed by atoms with Crippen molar-refractivity contribution in [1.82, 2.24) is 19.9 Å². The van der Waals surface area contributed by atoms with E-state index in [0.717, 1.165) is 18.7 Å². The number of carbonyl (C=O) groups excluding carboxylic acids is 2. The molecule has 0 spiro atoms. The zero-order valence-electron chi connectivity index (χ0n) is 28.4. The average Bonchev–Trinajstić information content (AvgIpc) is 3.07. The van der Waals surface area contributed by atoms with Gasteiger partial charge in [-0.1, -0.05) is 74.3 Å². The van der Waals surface area contributed by atoms with Gasteiger partial charge in [0, 0.05) is 42.9 Å². The summed E-state index contributed by atoms with van der Waals surface area (Å²) >= 11 is 13.8. The van der Waals surface area contributed by atoms with Crippen LogP contribution in [0.25, 0.3) is 22.4 Å². The van der Waals surface area contributed by atoms with E-state index in [0.29, 0.717) is 70.2 Å². The van der Waals surface area contributed by atoms with Gasteiger partial charge in [0.15, 0.2) is 20.3 Å². The van der Waals surface area contributed by atoms with E-state index < -0.39 is 14.2 Å². The van der Waals surface area contributed by atoms with Gasteiger partial charge in [0.05, 0.1) is 52.1 Å². The minimum absolute atomic E-state index is 0.0735. The smallest absolute Gasteiger partial charge is 0.274 e. The number of nitriles is 1. The van der Waals surface area contributed by atoms with Crippen LogP contribution in [-0.4, -0.2) is 67.2 Å². The molecule has 0 unspecified atom stereocenters. The molecule has 1 aliphatic heterocycles. The summed E-state index contributed by atoms with van der Waals surface area (Å²) in [5, 5.41) is 13.6. The van der Waals surface area contributed by atoms with Crippen molar-refractivity contribution in [2.24, 2.45) is 0 Å². The third-order valence-electron chi connectivity index (χ3n) is 9.17. The van der Waals surface area contributed by atoms with Crippen molar-refractivity contribution < 1.29 is 18.8 Å². The minimum Gasteiger partial charge on any atom is -0.479 e. The molecular formula is C36H38Cl2N6O4Si. The number of hydrogen-bond donors (Lipinski definition) is 1. The number of halogens is 2. The van der Waals surface area contributed by atoms with Gasteiger partial charge in [0.25, 0.3) is 5.91 Å². The number of hydrogen-bond acceptors (Lipinski definition) is 9. The van der Waals surface area contributed by atoms with E-state index in [1.807, 2.05) is 0 Å². The number of nitrogens with zero attached hydrogens (tertiary/aromatic N) is 5. The van der Waals surface area contributed by atoms with Gasteiger partial charge in [-0.05, 0) is 42.2 Å². The highest BCUT2D eigenvalue weighted by Crippen LogP contribution is 2.41. The van der Waals surface area contributed by atoms with Crippen molar-refractivity contribution >= 4 is 49.4 Å². The fourth-order valence-electron chi connectivity index (χ4n) is 5.35. The Bertz CT molecular complexity index is 1960. The maximum atomic E-state index is 13.6. The number of carbonyl (C=O) groups is 2. The molecule has 3 heterocycles. The number of amides is 1. The maximum absolute atomic E-state index is 13.6. The number of methoxy groups -OCH3 is 1. The summed E-state index contributed by atoms with van der Waals surface area (Å²) in [5.41, 5.74) is 4.71. The molecule has 0 saturated heterocycles. The summed E-state index contributed by atoms with van der Waals surface area (Å²) < 4.78 is 11.6. The number of pyridine rings is 1. The molecule has 1 N–H and O–H groups in total. The second-order valence-electron chi connectivity index (χ2n) is 13.3. The summed E-state index contributed by atoms with van der Waals surface area (Å²) in [5.74, 6) is -0.412. The van der Waals surface area contributed by atoms with Crippen LogP contribution in [0.1, 0.15) is 58.6 Å². The summed E-state index contributed by atoms with van der Waals surface area (Å²) in [6.45, 7) is 13.8. The van der Waals surface area contributed by atoms with E-state index in [1.54, 1.807) is 36.4 Å². The van der Waals surface area contributed by atoms with Crippen molar-refractivity contribution in [3.05, 3.63) is 86.9 Å². The first-order valence-electron chi connectivity index (χ1n) is 15.8. The standard InChI is InChI=1S/C36H38Cl2N6O4Si/c1-36(2,3)49(5,6)48-16-15-44-14-13-23-22(18-39)17-28(41-30(23)20-44)34(46)42-27-12-8-10-25(33(27)38)24-9-7-11-26(32(24)37)29-19-40-31(21-45)35(43-29)47-4/h7-12,17,19,21H,13-16,20H2,1-6H3,(H,42,46). The van der Waals surface area contributed by atoms with E-state index in [-0.39, 0.29) is 27.3 Å². The third-order valence-corrected chi connectivity index (χ3v) is 14.5. The van der Waals surface area contributed by atoms with Gasteiger partial charge in [-0.2, -0.15) is 5.26 Å². The first-order valence-corrected chi connectivity index (χ1v) is 19.5. The van der Waals surface area contributed by atoms with Crippen LogP contribution in [0, 0.1) is 11.3 Å². The highest BCUT2D eigenvalue weighted by atomic mass is 35.5. The number of aldehydes is 1. The van der Waals surface area contributed by atoms with Crippen molar-refractivity contribution in [3.8, 4) is 34.3 Å². The number of ether oxygens (including phenoxy) is 1. The number of aromatic nitrogens is 3. The largest absolute Gasteiger partial charge is 0.479 e. The van der Waals surface area contributed by atoms with Crippen LogP contribution in [0.5, 0.6) is 5.88 Å². The first-order chi connectivity index (χ1) is 23.3. The van der Waals surface area contributed by atoms with Crippen LogP contribution in [0.2, 0.25) is 28.2 Å². The Morgan fingerprint density at radius 3 is 2.47 bits per heavy atom. The average molecular weight is 718 g/mol. The molecule has 10 nitrogen and oxygen atoms in total. The second kappa shape index (κ2) is 14.7. The lowest BCUT2D eigenvalue weighted by Gasteiger charge is -2.37. The van der Waals surface area contributed by atoms with Gasteiger partial charge in [0.1, 0.15) is 5.69 Å². The van der Waals surface area contributed by atoms with E-state index in [4.69, 9.17) is 37.3 Å². The molecule has 0 radical (unpaired) electrons. The van der Waals surface area contributed by atoms with Crippen LogP contribution in [0.15, 0.2) is 48.7 Å². The van der Waals surface area contributed by atoms with Gasteiger partial charge in [-0.25, -0.2) is 15.0 Å². The molecule has 4 aromatic rings. The highest BCUT2D eigenvalue weighted by Gasteiger charge is 2.37. The van der Waals surface area contributed by atoms with Crippen molar-refractivity contribution in [3.63, 3.8) is 0 Å². The Kier molecular flexibility index (Phi) is 10.9. The fourth-order valence-corrected chi connectivity index (χ4v) is 6.99. The Labute approximate surface area is 297 Å². The fraction of sp³-hybridized carbons (Fsp3) is 0.333. The Balaban J connectivity index is 1.37. The summed E-state index contributed by atoms with van der Waals surface area (Å²) in [6, 6.07) is 14.4. The lowest BCUT2D eigenvalue weighted by molar-refractivity contribution is 0.102. The van der Waals surface area contributed by atoms with E-state index >= 15 is 0 Å². The van der Waals surface area contributed by atoms with Gasteiger partial charge in [0.2, 0.25) is 5.88 Å². The lowest BCUT2D eigenvalue weighted by Crippen LogP contribution is -2.43. The molecule has 0 saturated carbocycles. The first kappa shape index (κ1) is 36.1. The van der Waals surface area contributed by atoms with Crippen LogP contribution in [-0.2, 0) is 17.4 Å². The van der Waals surface area contributed by atoms with Crippen molar-refractivity contribution in [2.75, 3.05) is 32.1 Å². The normalized spacial score (nSPS) is 13.4. The topological polar surface area (TPSA) is 130 Å². The van der Waals surface area contributed by atoms with Gasteiger partial charge in [-0.15, -0.1) is 0 Å². The van der Waals surface area contributed by atoms with Crippen LogP contribution in [0.3, 0.4) is 0 Å². The van der Waals surface area contributed by atoms with Crippen LogP contribution < -0.4 is 10.1 Å². The maximum Gasteiger partial charge on any atom is 0.274 e. The molecule has 0 atom stereocenters. The molecule has 0 bridgehead atoms. The molecule has 1 amide bonds. The van der Waals surface area contributed by atoms with Gasteiger partial charge < -0.3 is 14.5 Å². The molecule has 49 heavy (non-hydrogen) atoms. The van der Waals surface area contributed by atoms with E-state index in [1.165, 1.54) is 19.4 Å². The second-order valence-corrected chi connectivity index (χ2v) is 18.8. The quantitative estimate of drug-likeness (QED) is 0.129. The monoisotopic (exact) mass is 716 g/mol. The molecule has 0 fully saturated rings. The van der Waals surface area contributed by atoms with Crippen LogP contribution >= 0.6 is 23.2 Å². The molecule has 254 valence electrons. The van der Waals surface area contributed by atoms with E-state index in [2.05, 4.69) is 60.1 Å². The Morgan fingerprint density at radius 1 is 1.10 bits per heavy atom. The van der Waals surface area contributed by atoms with Gasteiger partial charge >= 0.3 is 0 Å². The number of anilines is 1. The zero-order valence-corrected chi connectivity index (χ0v) is 30.9. The molecule has 2 aromatic carbocycles. The Hall–Kier alpha value is -4.18. The van der Waals surface area contributed by atoms with Crippen LogP contribution in [0.4, 0.5) is 5.69 Å². The van der Waals surface area contributed by atoms with Gasteiger partial charge in [-0.3, -0.25) is 14.5 Å². The molecule has 13 heteroatoms. The molecule has 5 rings (SSSR count).